The van der Waals surface area contributed by atoms with Gasteiger partial charge < -0.3 is 40.3 Å². The molecule has 4 aromatic carbocycles. The molecular weight excluding hydrogens is 1260 g/mol. The fourth-order valence-corrected chi connectivity index (χ4v) is 8.81. The minimum atomic E-state index is -0.890. The second kappa shape index (κ2) is 39.3. The first-order chi connectivity index (χ1) is 33.3. The van der Waals surface area contributed by atoms with E-state index in [-0.39, 0.29) is 212 Å². The second-order valence-electron chi connectivity index (χ2n) is 15.1. The smallest absolute Gasteiger partial charge is 1.00 e. The van der Waals surface area contributed by atoms with Gasteiger partial charge in [-0.25, -0.2) is 9.97 Å². The van der Waals surface area contributed by atoms with Crippen LogP contribution in [0.15, 0.2) is 131 Å². The van der Waals surface area contributed by atoms with Crippen molar-refractivity contribution in [1.29, 1.82) is 0 Å². The van der Waals surface area contributed by atoms with Crippen LogP contribution in [0.5, 0.6) is 11.5 Å². The number of carboxylic acid groups (broad SMARTS) is 1. The average Bonchev–Trinajstić information content (AvgIpc) is 4.21. The van der Waals surface area contributed by atoms with E-state index in [0.29, 0.717) is 36.2 Å². The first kappa shape index (κ1) is 74.0. The van der Waals surface area contributed by atoms with Crippen LogP contribution in [-0.2, 0) is 36.5 Å². The molecular formula is C55H67ClCs2N4O11S2. The number of rotatable bonds is 16. The van der Waals surface area contributed by atoms with Crippen molar-refractivity contribution in [2.45, 2.75) is 101 Å². The Morgan fingerprint density at radius 3 is 1.51 bits per heavy atom. The van der Waals surface area contributed by atoms with Crippen LogP contribution in [-0.4, -0.2) is 55.5 Å². The van der Waals surface area contributed by atoms with Crippen LogP contribution < -0.4 is 148 Å². The van der Waals surface area contributed by atoms with Crippen LogP contribution in [0, 0.1) is 27.7 Å². The fourth-order valence-electron chi connectivity index (χ4n) is 6.56. The summed E-state index contributed by atoms with van der Waals surface area (Å²) in [6.07, 6.45) is 3.04. The first-order valence-corrected chi connectivity index (χ1v) is 23.5. The van der Waals surface area contributed by atoms with Crippen molar-refractivity contribution in [3.8, 4) is 32.6 Å². The van der Waals surface area contributed by atoms with Crippen molar-refractivity contribution in [2.75, 3.05) is 6.61 Å². The molecule has 0 aliphatic rings. The number of alkyl halides is 1. The van der Waals surface area contributed by atoms with Gasteiger partial charge in [0.1, 0.15) is 40.6 Å². The summed E-state index contributed by atoms with van der Waals surface area (Å²) in [6, 6.07) is 34.3. The molecule has 0 saturated heterocycles. The molecule has 0 spiro atoms. The fraction of sp³-hybridized carbons (Fsp3) is 0.291. The minimum Gasteiger partial charge on any atom is -1.00 e. The number of phenols is 1. The number of carbonyl (C=O) groups excluding carboxylic acids is 2. The molecule has 4 aromatic heterocycles. The number of esters is 1. The van der Waals surface area contributed by atoms with Gasteiger partial charge in [-0.15, -0.1) is 34.3 Å². The van der Waals surface area contributed by atoms with Crippen LogP contribution >= 0.6 is 34.3 Å². The van der Waals surface area contributed by atoms with Gasteiger partial charge in [0, 0.05) is 40.0 Å². The SMILES string of the molecule is C.C.C.C.CCOC(=O)C[C@H](c1ccc(O)cc1)c1ccon1.Cc1ccc(-c2nc(C)c(CCl)s2)cc1.Cc1ccc(-c2nc(C)c(COc3ccc([C@@H](CC(=O)O)c4ccon4)cc3)s2)cc1.O=CO[O-].[Cs+].[Cs+].[H-]. The number of ether oxygens (including phenoxy) is 2. The van der Waals surface area contributed by atoms with E-state index in [0.717, 1.165) is 47.8 Å². The number of thiazole rings is 2. The Morgan fingerprint density at radius 1 is 0.693 bits per heavy atom. The summed E-state index contributed by atoms with van der Waals surface area (Å²) in [5.41, 5.74) is 9.76. The quantitative estimate of drug-likeness (QED) is 0.0318. The van der Waals surface area contributed by atoms with E-state index < -0.39 is 5.97 Å². The number of carboxylic acids is 1. The van der Waals surface area contributed by atoms with E-state index in [1.165, 1.54) is 29.2 Å². The van der Waals surface area contributed by atoms with Crippen molar-refractivity contribution < 1.29 is 192 Å². The van der Waals surface area contributed by atoms with Gasteiger partial charge in [0.25, 0.3) is 6.47 Å². The van der Waals surface area contributed by atoms with Crippen LogP contribution in [0.4, 0.5) is 0 Å². The predicted molar refractivity (Wildman–Crippen MR) is 288 cm³/mol. The Bertz CT molecular complexity index is 2800. The molecule has 0 unspecified atom stereocenters. The number of aryl methyl sites for hydroxylation is 4. The maximum Gasteiger partial charge on any atom is 1.00 e. The summed E-state index contributed by atoms with van der Waals surface area (Å²) in [7, 11) is 0. The number of aromatic nitrogens is 4. The standard InChI is InChI=1S/C24H22N2O4S.C14H15NO4.C12H12ClNS.CH2O3.4CH4.2Cs.H/c1-15-3-5-18(6-4-15)24-25-16(2)22(31-24)14-29-19-9-7-17(8-10-19)20(13-23(27)28)21-11-12-30-26-21;1-2-18-14(17)9-12(13-7-8-19-15-13)10-3-5-11(16)6-4-10;1-8-3-5-10(6-4-8)12-14-9(2)11(7-13)15-12;2-1-4-3;;;;;;;/h3-12,20H,13-14H2,1-2H3,(H,27,28);3-8,12,16H,2,9H2,1H3;3-6H,7H2,1-2H3;1,3H;4*1H4;;;/q;;;;;;;;2*+1;-1/p-1/t20-;12-;;;;;;;;;/m11........./s1. The van der Waals surface area contributed by atoms with E-state index in [9.17, 15) is 19.8 Å². The zero-order valence-electron chi connectivity index (χ0n) is 41.4. The Balaban J connectivity index is -0.00000103. The monoisotopic (exact) mass is 1320 g/mol. The summed E-state index contributed by atoms with van der Waals surface area (Å²) in [6.45, 7) is 10.5. The number of nitrogens with zero attached hydrogens (tertiary/aromatic N) is 4. The molecule has 0 radical (unpaired) electrons. The van der Waals surface area contributed by atoms with Crippen LogP contribution in [0.1, 0.15) is 118 Å². The predicted octanol–water partition coefficient (Wildman–Crippen LogP) is 7.33. The molecule has 0 saturated carbocycles. The van der Waals surface area contributed by atoms with Crippen molar-refractivity contribution >= 4 is 52.7 Å². The number of aromatic hydroxyl groups is 1. The molecule has 20 heteroatoms. The summed E-state index contributed by atoms with van der Waals surface area (Å²) < 4.78 is 20.7. The largest absolute Gasteiger partial charge is 1.00 e. The number of halogens is 1. The topological polar surface area (TPSA) is 220 Å². The van der Waals surface area contributed by atoms with Gasteiger partial charge in [-0.05, 0) is 70.0 Å². The van der Waals surface area contributed by atoms with Gasteiger partial charge in [0.15, 0.2) is 0 Å². The number of hydrogen-bond donors (Lipinski definition) is 2. The Kier molecular flexibility index (Phi) is 38.8. The number of phenolic OH excluding ortho intramolecular Hbond substituents is 1. The normalized spacial score (nSPS) is 10.4. The molecule has 0 fully saturated rings. The Labute approximate surface area is 573 Å². The van der Waals surface area contributed by atoms with Crippen LogP contribution in [0.3, 0.4) is 0 Å². The molecule has 0 aliphatic carbocycles. The number of aliphatic carboxylic acids is 1. The maximum absolute atomic E-state index is 11.7. The minimum absolute atomic E-state index is 0. The Hall–Kier alpha value is -3.08. The van der Waals surface area contributed by atoms with Crippen molar-refractivity contribution in [3.05, 3.63) is 177 Å². The number of hydrogen-bond acceptors (Lipinski definition) is 16. The molecule has 2 N–H and O–H groups in total. The van der Waals surface area contributed by atoms with Crippen molar-refractivity contribution in [3.63, 3.8) is 0 Å². The molecule has 8 rings (SSSR count). The third-order valence-corrected chi connectivity index (χ3v) is 13.0. The molecule has 0 aliphatic heterocycles. The molecule has 394 valence electrons. The van der Waals surface area contributed by atoms with E-state index in [4.69, 9.17) is 40.2 Å². The van der Waals surface area contributed by atoms with Crippen LogP contribution in [0.25, 0.3) is 21.1 Å². The van der Waals surface area contributed by atoms with Crippen molar-refractivity contribution in [1.82, 2.24) is 20.3 Å². The Morgan fingerprint density at radius 2 is 1.12 bits per heavy atom. The third kappa shape index (κ3) is 24.2. The molecule has 75 heavy (non-hydrogen) atoms. The third-order valence-electron chi connectivity index (χ3n) is 10.2. The zero-order valence-corrected chi connectivity index (χ0v) is 55.3. The van der Waals surface area contributed by atoms with E-state index >= 15 is 0 Å². The summed E-state index contributed by atoms with van der Waals surface area (Å²) >= 11 is 9.13. The summed E-state index contributed by atoms with van der Waals surface area (Å²) in [5.74, 6) is -0.344. The molecule has 8 aromatic rings. The van der Waals surface area contributed by atoms with Gasteiger partial charge in [-0.1, -0.05) is 124 Å². The first-order valence-electron chi connectivity index (χ1n) is 21.4. The zero-order chi connectivity index (χ0) is 49.7. The van der Waals surface area contributed by atoms with Gasteiger partial charge in [-0.2, -0.15) is 0 Å². The molecule has 4 heterocycles. The summed E-state index contributed by atoms with van der Waals surface area (Å²) in [4.78, 5) is 45.6. The van der Waals surface area contributed by atoms with E-state index in [1.54, 1.807) is 66.0 Å². The molecule has 2 atom stereocenters. The van der Waals surface area contributed by atoms with Gasteiger partial charge in [0.05, 0.1) is 53.0 Å². The summed E-state index contributed by atoms with van der Waals surface area (Å²) in [5, 5.41) is 36.8. The van der Waals surface area contributed by atoms with Gasteiger partial charge in [-0.3, -0.25) is 14.4 Å². The molecule has 15 nitrogen and oxygen atoms in total. The molecule has 0 amide bonds. The average molecular weight is 1330 g/mol. The van der Waals surface area contributed by atoms with Crippen LogP contribution in [0.2, 0.25) is 0 Å². The maximum atomic E-state index is 11.7. The van der Waals surface area contributed by atoms with E-state index in [2.05, 4.69) is 87.5 Å². The second-order valence-corrected chi connectivity index (χ2v) is 17.6. The van der Waals surface area contributed by atoms with Crippen molar-refractivity contribution in [2.24, 2.45) is 0 Å². The molecule has 0 bridgehead atoms. The number of benzene rings is 4. The van der Waals surface area contributed by atoms with Gasteiger partial charge >= 0.3 is 150 Å². The number of carbonyl (C=O) groups is 3. The van der Waals surface area contributed by atoms with E-state index in [1.807, 2.05) is 38.1 Å². The van der Waals surface area contributed by atoms with Gasteiger partial charge in [0.2, 0.25) is 0 Å².